The molecule has 0 aliphatic carbocycles. The second-order valence-electron chi connectivity index (χ2n) is 5.13. The van der Waals surface area contributed by atoms with Gasteiger partial charge < -0.3 is 5.32 Å². The lowest BCUT2D eigenvalue weighted by Crippen LogP contribution is -2.15. The number of aryl methyl sites for hydroxylation is 1. The first-order valence-corrected chi connectivity index (χ1v) is 7.45. The second kappa shape index (κ2) is 7.00. The first-order valence-electron chi connectivity index (χ1n) is 7.08. The highest BCUT2D eigenvalue weighted by atomic mass is 35.5. The van der Waals surface area contributed by atoms with Gasteiger partial charge in [0.2, 0.25) is 5.82 Å². The molecule has 0 aliphatic rings. The highest BCUT2D eigenvalue weighted by Crippen LogP contribution is 2.29. The van der Waals surface area contributed by atoms with Gasteiger partial charge in [-0.05, 0) is 12.5 Å². The van der Waals surface area contributed by atoms with Crippen LogP contribution in [0.5, 0.6) is 0 Å². The molecule has 2 heterocycles. The number of nitrogens with zero attached hydrogens (tertiary/aromatic N) is 3. The van der Waals surface area contributed by atoms with Gasteiger partial charge in [-0.25, -0.2) is 15.0 Å². The first-order chi connectivity index (χ1) is 11.2. The Hall–Kier alpha value is -2.41. The summed E-state index contributed by atoms with van der Waals surface area (Å²) in [6.45, 7) is 6.15. The van der Waals surface area contributed by atoms with Gasteiger partial charge in [-0.1, -0.05) is 25.1 Å². The zero-order valence-corrected chi connectivity index (χ0v) is 13.9. The molecule has 5 nitrogen and oxygen atoms in total. The largest absolute Gasteiger partial charge is 0.339 e. The van der Waals surface area contributed by atoms with E-state index in [9.17, 15) is 13.6 Å². The summed E-state index contributed by atoms with van der Waals surface area (Å²) in [5.74, 6) is -3.59. The zero-order valence-electron chi connectivity index (χ0n) is 13.1. The summed E-state index contributed by atoms with van der Waals surface area (Å²) in [7, 11) is 0. The topological polar surface area (TPSA) is 67.8 Å². The highest BCUT2D eigenvalue weighted by Gasteiger charge is 2.29. The van der Waals surface area contributed by atoms with Crippen molar-refractivity contribution in [3.63, 3.8) is 0 Å². The molecule has 0 unspecified atom stereocenters. The molecule has 0 aliphatic heterocycles. The summed E-state index contributed by atoms with van der Waals surface area (Å²) in [5.41, 5.74) is 1.42. The fourth-order valence-corrected chi connectivity index (χ4v) is 2.09. The molecule has 0 amide bonds. The SMILES string of the molecule is C=C(C=O)c1cnc(Cl)cc1Nc1cc(CC)nc(C(C)(F)F)n1. The van der Waals surface area contributed by atoms with Crippen LogP contribution in [-0.2, 0) is 17.1 Å². The average Bonchev–Trinajstić information content (AvgIpc) is 2.53. The smallest absolute Gasteiger partial charge is 0.303 e. The average molecular weight is 353 g/mol. The number of aromatic nitrogens is 3. The van der Waals surface area contributed by atoms with Crippen molar-refractivity contribution < 1.29 is 13.6 Å². The Kier molecular flexibility index (Phi) is 5.23. The van der Waals surface area contributed by atoms with Crippen molar-refractivity contribution in [2.75, 3.05) is 5.32 Å². The van der Waals surface area contributed by atoms with Gasteiger partial charge in [0.05, 0.1) is 5.69 Å². The molecule has 0 aromatic carbocycles. The molecular formula is C16H15ClF2N4O. The number of carbonyl (C=O) groups excluding carboxylic acids is 1. The van der Waals surface area contributed by atoms with Gasteiger partial charge in [-0.3, -0.25) is 4.79 Å². The number of allylic oxidation sites excluding steroid dienone is 1. The normalized spacial score (nSPS) is 11.2. The number of pyridine rings is 1. The number of hydrogen-bond acceptors (Lipinski definition) is 5. The van der Waals surface area contributed by atoms with Crippen molar-refractivity contribution in [2.24, 2.45) is 0 Å². The number of aldehydes is 1. The minimum Gasteiger partial charge on any atom is -0.339 e. The summed E-state index contributed by atoms with van der Waals surface area (Å²) >= 11 is 5.87. The van der Waals surface area contributed by atoms with Crippen LogP contribution in [0.2, 0.25) is 5.15 Å². The molecule has 1 N–H and O–H groups in total. The van der Waals surface area contributed by atoms with E-state index in [0.29, 0.717) is 29.7 Å². The van der Waals surface area contributed by atoms with E-state index in [1.807, 2.05) is 0 Å². The molecule has 0 saturated carbocycles. The molecule has 2 rings (SSSR count). The van der Waals surface area contributed by atoms with Gasteiger partial charge in [-0.2, -0.15) is 8.78 Å². The van der Waals surface area contributed by atoms with E-state index in [1.165, 1.54) is 12.3 Å². The predicted molar refractivity (Wildman–Crippen MR) is 88.6 cm³/mol. The Bertz CT molecular complexity index is 790. The number of nitrogens with one attached hydrogen (secondary N) is 1. The number of halogens is 3. The lowest BCUT2D eigenvalue weighted by Gasteiger charge is -2.15. The second-order valence-corrected chi connectivity index (χ2v) is 5.52. The summed E-state index contributed by atoms with van der Waals surface area (Å²) < 4.78 is 27.1. The lowest BCUT2D eigenvalue weighted by molar-refractivity contribution is -0.103. The summed E-state index contributed by atoms with van der Waals surface area (Å²) in [5, 5.41) is 3.06. The van der Waals surface area contributed by atoms with Crippen LogP contribution in [-0.4, -0.2) is 21.2 Å². The molecule has 0 fully saturated rings. The van der Waals surface area contributed by atoms with Gasteiger partial charge in [-0.15, -0.1) is 0 Å². The van der Waals surface area contributed by atoms with Crippen LogP contribution in [0.4, 0.5) is 20.3 Å². The van der Waals surface area contributed by atoms with Gasteiger partial charge in [0.25, 0.3) is 0 Å². The molecule has 24 heavy (non-hydrogen) atoms. The van der Waals surface area contributed by atoms with Crippen molar-refractivity contribution in [3.8, 4) is 0 Å². The van der Waals surface area contributed by atoms with Gasteiger partial charge >= 0.3 is 5.92 Å². The van der Waals surface area contributed by atoms with Crippen LogP contribution in [0.15, 0.2) is 24.9 Å². The molecular weight excluding hydrogens is 338 g/mol. The number of carbonyl (C=O) groups is 1. The Labute approximate surface area is 142 Å². The monoisotopic (exact) mass is 352 g/mol. The quantitative estimate of drug-likeness (QED) is 0.480. The number of hydrogen-bond donors (Lipinski definition) is 1. The van der Waals surface area contributed by atoms with Crippen molar-refractivity contribution in [1.29, 1.82) is 0 Å². The third kappa shape index (κ3) is 4.11. The Balaban J connectivity index is 2.50. The molecule has 2 aromatic rings. The molecule has 8 heteroatoms. The number of anilines is 2. The maximum Gasteiger partial charge on any atom is 0.303 e. The number of alkyl halides is 2. The Morgan fingerprint density at radius 2 is 2.12 bits per heavy atom. The maximum absolute atomic E-state index is 13.6. The maximum atomic E-state index is 13.6. The summed E-state index contributed by atoms with van der Waals surface area (Å²) in [4.78, 5) is 22.6. The van der Waals surface area contributed by atoms with Crippen molar-refractivity contribution >= 4 is 35.0 Å². The minimum absolute atomic E-state index is 0.167. The fourth-order valence-electron chi connectivity index (χ4n) is 1.93. The van der Waals surface area contributed by atoms with Gasteiger partial charge in [0.15, 0.2) is 0 Å². The van der Waals surface area contributed by atoms with Crippen molar-refractivity contribution in [1.82, 2.24) is 15.0 Å². The zero-order chi connectivity index (χ0) is 17.9. The van der Waals surface area contributed by atoms with E-state index in [0.717, 1.165) is 6.92 Å². The van der Waals surface area contributed by atoms with Crippen LogP contribution >= 0.6 is 11.6 Å². The van der Waals surface area contributed by atoms with Crippen LogP contribution in [0.3, 0.4) is 0 Å². The third-order valence-corrected chi connectivity index (χ3v) is 3.36. The summed E-state index contributed by atoms with van der Waals surface area (Å²) in [6, 6.07) is 3.01. The van der Waals surface area contributed by atoms with Crippen LogP contribution in [0.25, 0.3) is 5.57 Å². The Morgan fingerprint density at radius 1 is 1.42 bits per heavy atom. The minimum atomic E-state index is -3.17. The van der Waals surface area contributed by atoms with E-state index < -0.39 is 11.7 Å². The fraction of sp³-hybridized carbons (Fsp3) is 0.250. The van der Waals surface area contributed by atoms with E-state index >= 15 is 0 Å². The molecule has 0 saturated heterocycles. The lowest BCUT2D eigenvalue weighted by atomic mass is 10.1. The standard InChI is InChI=1S/C16H15ClF2N4O/c1-4-10-5-14(23-15(21-10)16(3,18)19)22-12-6-13(17)20-7-11(12)9(2)8-24/h5-8H,2,4H2,1,3H3,(H,20,21,22,23). The number of rotatable bonds is 6. The van der Waals surface area contributed by atoms with Crippen LogP contribution < -0.4 is 5.32 Å². The van der Waals surface area contributed by atoms with E-state index in [-0.39, 0.29) is 16.5 Å². The van der Waals surface area contributed by atoms with Gasteiger partial charge in [0, 0.05) is 36.0 Å². The molecule has 0 bridgehead atoms. The first kappa shape index (κ1) is 17.9. The molecule has 0 radical (unpaired) electrons. The van der Waals surface area contributed by atoms with Crippen LogP contribution in [0.1, 0.15) is 30.9 Å². The Morgan fingerprint density at radius 3 is 2.71 bits per heavy atom. The van der Waals surface area contributed by atoms with E-state index in [1.54, 1.807) is 13.0 Å². The highest BCUT2D eigenvalue weighted by molar-refractivity contribution is 6.29. The van der Waals surface area contributed by atoms with Crippen molar-refractivity contribution in [2.45, 2.75) is 26.2 Å². The van der Waals surface area contributed by atoms with Crippen molar-refractivity contribution in [3.05, 3.63) is 47.1 Å². The molecule has 126 valence electrons. The third-order valence-electron chi connectivity index (χ3n) is 3.16. The molecule has 0 atom stereocenters. The molecule has 2 aromatic heterocycles. The predicted octanol–water partition coefficient (Wildman–Crippen LogP) is 4.15. The molecule has 0 spiro atoms. The van der Waals surface area contributed by atoms with E-state index in [4.69, 9.17) is 11.6 Å². The van der Waals surface area contributed by atoms with Crippen LogP contribution in [0, 0.1) is 0 Å². The van der Waals surface area contributed by atoms with E-state index in [2.05, 4.69) is 26.8 Å². The summed E-state index contributed by atoms with van der Waals surface area (Å²) in [6.07, 6.45) is 2.41. The van der Waals surface area contributed by atoms with Gasteiger partial charge in [0.1, 0.15) is 17.3 Å².